The summed E-state index contributed by atoms with van der Waals surface area (Å²) in [6, 6.07) is 21.1. The molecule has 0 saturated carbocycles. The normalized spacial score (nSPS) is 11.7. The van der Waals surface area contributed by atoms with Crippen LogP contribution in [0.2, 0.25) is 0 Å². The number of hydrazone groups is 1. The van der Waals surface area contributed by atoms with Crippen LogP contribution in [0.15, 0.2) is 93.7 Å². The monoisotopic (exact) mass is 449 g/mol. The highest BCUT2D eigenvalue weighted by Crippen LogP contribution is 2.26. The van der Waals surface area contributed by atoms with Gasteiger partial charge < -0.3 is 9.84 Å². The SMILES string of the molecule is COc1ccc(-n2c(O)c(/C=N\NS(=O)(=O)c3ccccc3)c3ccccc3c2=O)cc1. The molecule has 0 radical (unpaired) electrons. The Kier molecular flexibility index (Phi) is 5.65. The largest absolute Gasteiger partial charge is 0.497 e. The first-order valence-electron chi connectivity index (χ1n) is 9.53. The third-order valence-electron chi connectivity index (χ3n) is 4.85. The van der Waals surface area contributed by atoms with Crippen LogP contribution in [0.3, 0.4) is 0 Å². The second-order valence-electron chi connectivity index (χ2n) is 6.79. The highest BCUT2D eigenvalue weighted by atomic mass is 32.2. The van der Waals surface area contributed by atoms with Crippen LogP contribution in [-0.4, -0.2) is 31.4 Å². The van der Waals surface area contributed by atoms with E-state index in [0.29, 0.717) is 22.2 Å². The van der Waals surface area contributed by atoms with Gasteiger partial charge in [-0.05, 0) is 42.5 Å². The Morgan fingerprint density at radius 1 is 0.938 bits per heavy atom. The summed E-state index contributed by atoms with van der Waals surface area (Å²) in [5, 5.41) is 15.6. The zero-order valence-electron chi connectivity index (χ0n) is 17.0. The quantitative estimate of drug-likeness (QED) is 0.347. The molecule has 3 aromatic carbocycles. The van der Waals surface area contributed by atoms with Crippen LogP contribution in [0, 0.1) is 0 Å². The van der Waals surface area contributed by atoms with Gasteiger partial charge in [0, 0.05) is 10.8 Å². The lowest BCUT2D eigenvalue weighted by Crippen LogP contribution is -2.21. The van der Waals surface area contributed by atoms with Crippen molar-refractivity contribution in [1.82, 2.24) is 9.40 Å². The Morgan fingerprint density at radius 2 is 1.56 bits per heavy atom. The minimum atomic E-state index is -3.89. The smallest absolute Gasteiger partial charge is 0.276 e. The van der Waals surface area contributed by atoms with Crippen molar-refractivity contribution in [2.24, 2.45) is 5.10 Å². The van der Waals surface area contributed by atoms with Gasteiger partial charge in [-0.2, -0.15) is 13.5 Å². The molecule has 0 aliphatic rings. The third kappa shape index (κ3) is 3.93. The summed E-state index contributed by atoms with van der Waals surface area (Å²) in [6.45, 7) is 0. The number of hydrogen-bond acceptors (Lipinski definition) is 6. The van der Waals surface area contributed by atoms with Crippen molar-refractivity contribution in [3.63, 3.8) is 0 Å². The van der Waals surface area contributed by atoms with Crippen LogP contribution in [0.4, 0.5) is 0 Å². The Labute approximate surface area is 184 Å². The summed E-state index contributed by atoms with van der Waals surface area (Å²) in [4.78, 5) is 15.3. The van der Waals surface area contributed by atoms with E-state index in [1.165, 1.54) is 25.5 Å². The molecule has 0 aliphatic heterocycles. The summed E-state index contributed by atoms with van der Waals surface area (Å²) >= 11 is 0. The molecule has 0 atom stereocenters. The number of nitrogens with one attached hydrogen (secondary N) is 1. The molecule has 2 N–H and O–H groups in total. The molecule has 9 heteroatoms. The van der Waals surface area contributed by atoms with Crippen LogP contribution >= 0.6 is 0 Å². The van der Waals surface area contributed by atoms with Gasteiger partial charge in [-0.25, -0.2) is 9.40 Å². The molecule has 162 valence electrons. The van der Waals surface area contributed by atoms with Gasteiger partial charge >= 0.3 is 0 Å². The highest BCUT2D eigenvalue weighted by Gasteiger charge is 2.17. The van der Waals surface area contributed by atoms with Crippen LogP contribution in [0.5, 0.6) is 11.6 Å². The van der Waals surface area contributed by atoms with Gasteiger partial charge in [0.15, 0.2) is 0 Å². The van der Waals surface area contributed by atoms with E-state index < -0.39 is 15.6 Å². The fraction of sp³-hybridized carbons (Fsp3) is 0.0435. The molecule has 0 unspecified atom stereocenters. The van der Waals surface area contributed by atoms with Gasteiger partial charge in [0.05, 0.1) is 29.5 Å². The van der Waals surface area contributed by atoms with Crippen molar-refractivity contribution in [3.05, 3.63) is 94.8 Å². The number of fused-ring (bicyclic) bond motifs is 1. The number of pyridine rings is 1. The van der Waals surface area contributed by atoms with E-state index in [1.54, 1.807) is 66.7 Å². The number of sulfonamides is 1. The molecular weight excluding hydrogens is 430 g/mol. The molecule has 0 bridgehead atoms. The first kappa shape index (κ1) is 21.1. The van der Waals surface area contributed by atoms with E-state index in [4.69, 9.17) is 4.74 Å². The van der Waals surface area contributed by atoms with Crippen molar-refractivity contribution in [3.8, 4) is 17.3 Å². The maximum absolute atomic E-state index is 13.1. The van der Waals surface area contributed by atoms with Crippen LogP contribution in [0.1, 0.15) is 5.56 Å². The summed E-state index contributed by atoms with van der Waals surface area (Å²) < 4.78 is 31.1. The van der Waals surface area contributed by atoms with E-state index in [9.17, 15) is 18.3 Å². The molecule has 4 rings (SSSR count). The molecule has 4 aromatic rings. The lowest BCUT2D eigenvalue weighted by molar-refractivity contribution is 0.414. The lowest BCUT2D eigenvalue weighted by atomic mass is 10.1. The molecule has 0 spiro atoms. The summed E-state index contributed by atoms with van der Waals surface area (Å²) in [5.74, 6) is 0.223. The van der Waals surface area contributed by atoms with Crippen molar-refractivity contribution in [2.75, 3.05) is 7.11 Å². The van der Waals surface area contributed by atoms with E-state index in [2.05, 4.69) is 9.93 Å². The number of aromatic nitrogens is 1. The fourth-order valence-electron chi connectivity index (χ4n) is 3.27. The average Bonchev–Trinajstić information content (AvgIpc) is 2.82. The number of aromatic hydroxyl groups is 1. The number of hydrogen-bond donors (Lipinski definition) is 2. The Hall–Kier alpha value is -4.11. The summed E-state index contributed by atoms with van der Waals surface area (Å²) in [7, 11) is -2.36. The van der Waals surface area contributed by atoms with E-state index in [-0.39, 0.29) is 16.3 Å². The molecule has 32 heavy (non-hydrogen) atoms. The van der Waals surface area contributed by atoms with Crippen LogP contribution < -0.4 is 15.1 Å². The zero-order chi connectivity index (χ0) is 22.7. The molecule has 0 aliphatic carbocycles. The van der Waals surface area contributed by atoms with E-state index in [0.717, 1.165) is 4.57 Å². The standard InChI is InChI=1S/C23H19N3O5S/c1-31-17-13-11-16(12-14-17)26-22(27)20-10-6-5-9-19(20)21(23(26)28)15-24-25-32(29,30)18-7-3-2-4-8-18/h2-15,25,28H,1H3/b24-15-. The average molecular weight is 449 g/mol. The maximum Gasteiger partial charge on any atom is 0.276 e. The molecule has 1 heterocycles. The Morgan fingerprint density at radius 3 is 2.22 bits per heavy atom. The topological polar surface area (TPSA) is 110 Å². The Balaban J connectivity index is 1.82. The van der Waals surface area contributed by atoms with Crippen molar-refractivity contribution < 1.29 is 18.3 Å². The first-order chi connectivity index (χ1) is 15.4. The number of methoxy groups -OCH3 is 1. The van der Waals surface area contributed by atoms with Gasteiger partial charge in [0.2, 0.25) is 5.88 Å². The second kappa shape index (κ2) is 8.56. The molecule has 0 fully saturated rings. The van der Waals surface area contributed by atoms with Crippen molar-refractivity contribution in [2.45, 2.75) is 4.90 Å². The number of rotatable bonds is 6. The van der Waals surface area contributed by atoms with Gasteiger partial charge in [0.1, 0.15) is 5.75 Å². The fourth-order valence-corrected chi connectivity index (χ4v) is 4.09. The van der Waals surface area contributed by atoms with Gasteiger partial charge in [-0.15, -0.1) is 0 Å². The summed E-state index contributed by atoms with van der Waals surface area (Å²) in [5.41, 5.74) is 0.177. The second-order valence-corrected chi connectivity index (χ2v) is 8.45. The zero-order valence-corrected chi connectivity index (χ0v) is 17.8. The minimum absolute atomic E-state index is 0.0504. The molecule has 0 amide bonds. The number of nitrogens with zero attached hydrogens (tertiary/aromatic N) is 2. The van der Waals surface area contributed by atoms with Gasteiger partial charge in [-0.3, -0.25) is 4.79 Å². The number of benzene rings is 3. The van der Waals surface area contributed by atoms with E-state index in [1.807, 2.05) is 0 Å². The lowest BCUT2D eigenvalue weighted by Gasteiger charge is -2.14. The number of ether oxygens (including phenoxy) is 1. The highest BCUT2D eigenvalue weighted by molar-refractivity contribution is 7.89. The van der Waals surface area contributed by atoms with Gasteiger partial charge in [0.25, 0.3) is 15.6 Å². The predicted octanol–water partition coefficient (Wildman–Crippen LogP) is 3.02. The van der Waals surface area contributed by atoms with Crippen LogP contribution in [0.25, 0.3) is 16.5 Å². The molecule has 8 nitrogen and oxygen atoms in total. The summed E-state index contributed by atoms with van der Waals surface area (Å²) in [6.07, 6.45) is 1.18. The molecule has 1 aromatic heterocycles. The maximum atomic E-state index is 13.1. The van der Waals surface area contributed by atoms with Gasteiger partial charge in [-0.1, -0.05) is 36.4 Å². The van der Waals surface area contributed by atoms with Crippen molar-refractivity contribution in [1.29, 1.82) is 0 Å². The molecule has 0 saturated heterocycles. The van der Waals surface area contributed by atoms with Crippen molar-refractivity contribution >= 4 is 27.0 Å². The minimum Gasteiger partial charge on any atom is -0.497 e. The van der Waals surface area contributed by atoms with Crippen LogP contribution in [-0.2, 0) is 10.0 Å². The molecular formula is C23H19N3O5S. The van der Waals surface area contributed by atoms with E-state index >= 15 is 0 Å². The Bertz CT molecular complexity index is 1460. The third-order valence-corrected chi connectivity index (χ3v) is 6.09. The first-order valence-corrected chi connectivity index (χ1v) is 11.0. The predicted molar refractivity (Wildman–Crippen MR) is 122 cm³/mol.